The van der Waals surface area contributed by atoms with Crippen LogP contribution in [0.1, 0.15) is 35.1 Å². The highest BCUT2D eigenvalue weighted by molar-refractivity contribution is 6.33. The molecule has 0 spiro atoms. The zero-order valence-electron chi connectivity index (χ0n) is 12.9. The molecule has 1 aliphatic carbocycles. The van der Waals surface area contributed by atoms with Crippen LogP contribution in [0.25, 0.3) is 0 Å². The zero-order chi connectivity index (χ0) is 17.8. The summed E-state index contributed by atoms with van der Waals surface area (Å²) in [5.74, 6) is -0.305. The molecule has 0 saturated carbocycles. The predicted molar refractivity (Wildman–Crippen MR) is 94.3 cm³/mol. The minimum Gasteiger partial charge on any atom is -0.376 e. The van der Waals surface area contributed by atoms with Gasteiger partial charge < -0.3 is 5.32 Å². The number of benzene rings is 2. The Morgan fingerprint density at radius 1 is 1.00 bits per heavy atom. The van der Waals surface area contributed by atoms with Crippen molar-refractivity contribution < 1.29 is 13.2 Å². The van der Waals surface area contributed by atoms with Crippen LogP contribution in [0.3, 0.4) is 0 Å². The number of rotatable bonds is 1. The molecule has 0 radical (unpaired) electrons. The molecule has 25 heavy (non-hydrogen) atoms. The molecule has 0 saturated heterocycles. The maximum Gasteiger partial charge on any atom is 0.416 e. The van der Waals surface area contributed by atoms with Gasteiger partial charge in [0.1, 0.15) is 0 Å². The lowest BCUT2D eigenvalue weighted by molar-refractivity contribution is -0.138. The quantitative estimate of drug-likeness (QED) is 0.531. The van der Waals surface area contributed by atoms with E-state index in [4.69, 9.17) is 23.2 Å². The average molecular weight is 384 g/mol. The normalized spacial score (nSPS) is 24.6. The fourth-order valence-corrected chi connectivity index (χ4v) is 4.27. The molecule has 2 aliphatic rings. The molecule has 1 aliphatic heterocycles. The predicted octanol–water partition coefficient (Wildman–Crippen LogP) is 6.84. The van der Waals surface area contributed by atoms with Crippen LogP contribution in [0, 0.1) is 5.92 Å². The molecule has 0 fully saturated rings. The molecule has 0 aromatic heterocycles. The monoisotopic (exact) mass is 383 g/mol. The van der Waals surface area contributed by atoms with E-state index in [2.05, 4.69) is 5.32 Å². The number of hydrogen-bond donors (Lipinski definition) is 1. The summed E-state index contributed by atoms with van der Waals surface area (Å²) >= 11 is 12.2. The first-order valence-corrected chi connectivity index (χ1v) is 8.70. The number of nitrogens with one attached hydrogen (secondary N) is 1. The van der Waals surface area contributed by atoms with E-state index in [1.807, 2.05) is 24.3 Å². The molecule has 2 aromatic rings. The summed E-state index contributed by atoms with van der Waals surface area (Å²) in [5.41, 5.74) is 1.01. The van der Waals surface area contributed by atoms with Crippen LogP contribution < -0.4 is 5.32 Å². The van der Waals surface area contributed by atoms with Crippen molar-refractivity contribution in [3.63, 3.8) is 0 Å². The Labute approximate surface area is 153 Å². The van der Waals surface area contributed by atoms with E-state index in [0.717, 1.165) is 11.6 Å². The van der Waals surface area contributed by atoms with Gasteiger partial charge in [0.2, 0.25) is 0 Å². The zero-order valence-corrected chi connectivity index (χ0v) is 14.5. The Morgan fingerprint density at radius 3 is 2.40 bits per heavy atom. The van der Waals surface area contributed by atoms with Gasteiger partial charge in [-0.25, -0.2) is 0 Å². The minimum absolute atomic E-state index is 0.00763. The second-order valence-electron chi connectivity index (χ2n) is 6.41. The third kappa shape index (κ3) is 2.81. The second kappa shape index (κ2) is 5.96. The van der Waals surface area contributed by atoms with Crippen molar-refractivity contribution in [3.8, 4) is 0 Å². The first-order valence-electron chi connectivity index (χ1n) is 7.94. The van der Waals surface area contributed by atoms with E-state index in [-0.39, 0.29) is 23.4 Å². The van der Waals surface area contributed by atoms with E-state index in [9.17, 15) is 13.2 Å². The van der Waals surface area contributed by atoms with Crippen LogP contribution in [0.4, 0.5) is 18.9 Å². The van der Waals surface area contributed by atoms with Crippen molar-refractivity contribution in [1.82, 2.24) is 0 Å². The highest BCUT2D eigenvalue weighted by atomic mass is 35.5. The summed E-state index contributed by atoms with van der Waals surface area (Å²) in [4.78, 5) is 0. The lowest BCUT2D eigenvalue weighted by Gasteiger charge is -2.39. The molecule has 3 atom stereocenters. The van der Waals surface area contributed by atoms with Crippen LogP contribution >= 0.6 is 23.2 Å². The number of halogens is 5. The van der Waals surface area contributed by atoms with Gasteiger partial charge in [-0.1, -0.05) is 47.5 Å². The van der Waals surface area contributed by atoms with Crippen LogP contribution in [0.5, 0.6) is 0 Å². The molecule has 4 rings (SSSR count). The van der Waals surface area contributed by atoms with E-state index >= 15 is 0 Å². The number of anilines is 1. The van der Waals surface area contributed by atoms with Crippen molar-refractivity contribution >= 4 is 28.9 Å². The molecule has 2 aromatic carbocycles. The van der Waals surface area contributed by atoms with Gasteiger partial charge in [-0.05, 0) is 47.7 Å². The Balaban J connectivity index is 1.87. The molecule has 1 heterocycles. The average Bonchev–Trinajstić information content (AvgIpc) is 3.04. The smallest absolute Gasteiger partial charge is 0.376 e. The topological polar surface area (TPSA) is 12.0 Å². The molecule has 1 nitrogen and oxygen atoms in total. The van der Waals surface area contributed by atoms with Crippen LogP contribution in [0.2, 0.25) is 10.0 Å². The van der Waals surface area contributed by atoms with E-state index < -0.39 is 11.7 Å². The largest absolute Gasteiger partial charge is 0.416 e. The first kappa shape index (κ1) is 16.8. The Morgan fingerprint density at radius 2 is 1.72 bits per heavy atom. The molecule has 6 heteroatoms. The van der Waals surface area contributed by atoms with Crippen molar-refractivity contribution in [3.05, 3.63) is 75.3 Å². The van der Waals surface area contributed by atoms with Crippen LogP contribution in [0.15, 0.2) is 48.6 Å². The van der Waals surface area contributed by atoms with Crippen molar-refractivity contribution in [2.45, 2.75) is 24.6 Å². The highest BCUT2D eigenvalue weighted by Crippen LogP contribution is 2.54. The SMILES string of the molecule is FC(F)(F)c1ccc(Cl)c2c1[C@@H]1C=CC[C@@H]1[C@@H](c1ccc(Cl)cc1)N2. The molecular weight excluding hydrogens is 370 g/mol. The van der Waals surface area contributed by atoms with Gasteiger partial charge >= 0.3 is 6.18 Å². The molecular formula is C19H14Cl2F3N. The lowest BCUT2D eigenvalue weighted by Crippen LogP contribution is -2.31. The Hall–Kier alpha value is -1.65. The van der Waals surface area contributed by atoms with Crippen LogP contribution in [-0.4, -0.2) is 0 Å². The summed E-state index contributed by atoms with van der Waals surface area (Å²) in [6.45, 7) is 0. The van der Waals surface area contributed by atoms with Gasteiger partial charge in [0.05, 0.1) is 22.3 Å². The third-order valence-electron chi connectivity index (χ3n) is 5.00. The summed E-state index contributed by atoms with van der Waals surface area (Å²) in [6, 6.07) is 9.66. The Bertz CT molecular complexity index is 843. The summed E-state index contributed by atoms with van der Waals surface area (Å²) in [6.07, 6.45) is 0.133. The van der Waals surface area contributed by atoms with Gasteiger partial charge in [-0.15, -0.1) is 0 Å². The highest BCUT2D eigenvalue weighted by Gasteiger charge is 2.44. The van der Waals surface area contributed by atoms with Crippen molar-refractivity contribution in [2.24, 2.45) is 5.92 Å². The van der Waals surface area contributed by atoms with Crippen molar-refractivity contribution in [1.29, 1.82) is 0 Å². The number of alkyl halides is 3. The van der Waals surface area contributed by atoms with Crippen molar-refractivity contribution in [2.75, 3.05) is 5.32 Å². The number of fused-ring (bicyclic) bond motifs is 3. The van der Waals surface area contributed by atoms with E-state index in [1.165, 1.54) is 6.07 Å². The number of allylic oxidation sites excluding steroid dienone is 2. The lowest BCUT2D eigenvalue weighted by atomic mass is 9.75. The van der Waals surface area contributed by atoms with Gasteiger partial charge in [-0.2, -0.15) is 13.2 Å². The maximum atomic E-state index is 13.5. The maximum absolute atomic E-state index is 13.5. The van der Waals surface area contributed by atoms with Gasteiger partial charge in [0, 0.05) is 10.9 Å². The molecule has 0 amide bonds. The molecule has 0 bridgehead atoms. The molecule has 1 N–H and O–H groups in total. The van der Waals surface area contributed by atoms with Crippen LogP contribution in [-0.2, 0) is 6.18 Å². The summed E-state index contributed by atoms with van der Waals surface area (Å²) in [7, 11) is 0. The number of hydrogen-bond acceptors (Lipinski definition) is 1. The Kier molecular flexibility index (Phi) is 4.00. The first-order chi connectivity index (χ1) is 11.9. The van der Waals surface area contributed by atoms with Gasteiger partial charge in [-0.3, -0.25) is 0 Å². The summed E-state index contributed by atoms with van der Waals surface area (Å²) in [5, 5.41) is 4.20. The fourth-order valence-electron chi connectivity index (χ4n) is 3.92. The minimum atomic E-state index is -4.41. The van der Waals surface area contributed by atoms with E-state index in [0.29, 0.717) is 22.2 Å². The molecule has 0 unspecified atom stereocenters. The van der Waals surface area contributed by atoms with Gasteiger partial charge in [0.25, 0.3) is 0 Å². The standard InChI is InChI=1S/C19H14Cl2F3N/c20-11-6-4-10(5-7-11)17-13-3-1-2-12(13)16-14(19(22,23)24)8-9-15(21)18(16)25-17/h1-2,4-9,12-13,17,25H,3H2/t12-,13+,17-/m1/s1. The van der Waals surface area contributed by atoms with E-state index in [1.54, 1.807) is 12.1 Å². The second-order valence-corrected chi connectivity index (χ2v) is 7.25. The fraction of sp³-hybridized carbons (Fsp3) is 0.263. The third-order valence-corrected chi connectivity index (χ3v) is 5.57. The summed E-state index contributed by atoms with van der Waals surface area (Å²) < 4.78 is 40.6. The van der Waals surface area contributed by atoms with Gasteiger partial charge in [0.15, 0.2) is 0 Å². The molecule has 130 valence electrons.